The van der Waals surface area contributed by atoms with Gasteiger partial charge in [-0.25, -0.2) is 9.78 Å². The van der Waals surface area contributed by atoms with E-state index in [1.165, 1.54) is 0 Å². The Bertz CT molecular complexity index is 624. The average Bonchev–Trinajstić information content (AvgIpc) is 2.45. The number of alkyl halides is 3. The zero-order valence-electron chi connectivity index (χ0n) is 14.3. The van der Waals surface area contributed by atoms with Crippen LogP contribution >= 0.6 is 11.6 Å². The molecule has 2 heterocycles. The standard InChI is InChI=1S/C16H21ClF3N3O2/c1-15(2,3)25-14(24)22-11-4-6-23(7-5-11)13-12(17)8-10(9-21-13)16(18,19)20/h8-9,11H,4-7H2,1-3H3,(H,22,24)/p+1. The minimum atomic E-state index is -4.44. The summed E-state index contributed by atoms with van der Waals surface area (Å²) in [6.45, 7) is 6.48. The van der Waals surface area contributed by atoms with Crippen LogP contribution in [0.5, 0.6) is 0 Å². The third-order valence-corrected chi connectivity index (χ3v) is 4.02. The number of rotatable bonds is 2. The Balaban J connectivity index is 1.93. The third kappa shape index (κ3) is 5.66. The highest BCUT2D eigenvalue weighted by Crippen LogP contribution is 2.32. The normalized spacial score (nSPS) is 16.7. The summed E-state index contributed by atoms with van der Waals surface area (Å²) in [7, 11) is 0. The van der Waals surface area contributed by atoms with Gasteiger partial charge in [0.05, 0.1) is 18.7 Å². The van der Waals surface area contributed by atoms with Crippen molar-refractivity contribution in [2.75, 3.05) is 18.0 Å². The van der Waals surface area contributed by atoms with Crippen molar-refractivity contribution < 1.29 is 27.7 Å². The number of piperidine rings is 1. The Morgan fingerprint density at radius 3 is 2.40 bits per heavy atom. The van der Waals surface area contributed by atoms with E-state index >= 15 is 0 Å². The van der Waals surface area contributed by atoms with Crippen molar-refractivity contribution in [3.8, 4) is 0 Å². The number of amides is 1. The van der Waals surface area contributed by atoms with Crippen LogP contribution < -0.4 is 15.2 Å². The quantitative estimate of drug-likeness (QED) is 0.851. The maximum absolute atomic E-state index is 12.7. The van der Waals surface area contributed by atoms with E-state index in [1.54, 1.807) is 20.8 Å². The van der Waals surface area contributed by atoms with E-state index in [-0.39, 0.29) is 11.1 Å². The molecule has 2 N–H and O–H groups in total. The highest BCUT2D eigenvalue weighted by atomic mass is 35.5. The number of hydrogen-bond acceptors (Lipinski definition) is 3. The van der Waals surface area contributed by atoms with Crippen LogP contribution in [0.15, 0.2) is 12.3 Å². The number of carbonyl (C=O) groups is 1. The van der Waals surface area contributed by atoms with Gasteiger partial charge in [-0.2, -0.15) is 13.2 Å². The molecule has 0 saturated carbocycles. The van der Waals surface area contributed by atoms with Crippen LogP contribution in [0.2, 0.25) is 5.02 Å². The third-order valence-electron chi connectivity index (χ3n) is 3.73. The number of carbonyl (C=O) groups excluding carboxylic acids is 1. The number of halogens is 4. The van der Waals surface area contributed by atoms with Gasteiger partial charge in [0.15, 0.2) is 0 Å². The second-order valence-corrected chi connectivity index (χ2v) is 7.40. The number of aromatic nitrogens is 1. The second-order valence-electron chi connectivity index (χ2n) is 6.99. The molecule has 1 amide bonds. The summed E-state index contributed by atoms with van der Waals surface area (Å²) < 4.78 is 43.3. The molecular weight excluding hydrogens is 359 g/mol. The Hall–Kier alpha value is -1.70. The van der Waals surface area contributed by atoms with Crippen molar-refractivity contribution in [3.63, 3.8) is 0 Å². The number of ether oxygens (including phenoxy) is 1. The van der Waals surface area contributed by atoms with Crippen molar-refractivity contribution in [2.24, 2.45) is 0 Å². The first-order valence-electron chi connectivity index (χ1n) is 7.98. The summed E-state index contributed by atoms with van der Waals surface area (Å²) in [4.78, 5) is 16.3. The summed E-state index contributed by atoms with van der Waals surface area (Å²) in [6.07, 6.45) is -2.71. The molecule has 0 aromatic carbocycles. The Kier molecular flexibility index (Phi) is 5.71. The van der Waals surface area contributed by atoms with Crippen LogP contribution in [0.1, 0.15) is 39.2 Å². The zero-order chi connectivity index (χ0) is 18.8. The van der Waals surface area contributed by atoms with Gasteiger partial charge in [-0.1, -0.05) is 11.6 Å². The van der Waals surface area contributed by atoms with Crippen molar-refractivity contribution in [1.82, 2.24) is 5.32 Å². The zero-order valence-corrected chi connectivity index (χ0v) is 15.1. The molecule has 1 aromatic rings. The van der Waals surface area contributed by atoms with Gasteiger partial charge in [-0.3, -0.25) is 4.90 Å². The molecule has 1 saturated heterocycles. The first kappa shape index (κ1) is 19.6. The fraction of sp³-hybridized carbons (Fsp3) is 0.625. The molecule has 1 aromatic heterocycles. The Morgan fingerprint density at radius 1 is 1.32 bits per heavy atom. The van der Waals surface area contributed by atoms with E-state index in [0.717, 1.165) is 12.3 Å². The van der Waals surface area contributed by atoms with Crippen LogP contribution in [0.25, 0.3) is 0 Å². The number of anilines is 1. The molecule has 2 rings (SSSR count). The number of nitrogens with one attached hydrogen (secondary N) is 2. The number of pyridine rings is 1. The molecule has 0 bridgehead atoms. The van der Waals surface area contributed by atoms with Crippen molar-refractivity contribution in [2.45, 2.75) is 51.4 Å². The highest BCUT2D eigenvalue weighted by molar-refractivity contribution is 6.32. The van der Waals surface area contributed by atoms with Gasteiger partial charge in [0.2, 0.25) is 0 Å². The predicted molar refractivity (Wildman–Crippen MR) is 87.6 cm³/mol. The molecule has 0 unspecified atom stereocenters. The van der Waals surface area contributed by atoms with Gasteiger partial charge < -0.3 is 10.1 Å². The van der Waals surface area contributed by atoms with E-state index in [4.69, 9.17) is 16.3 Å². The lowest BCUT2D eigenvalue weighted by Crippen LogP contribution is -2.47. The monoisotopic (exact) mass is 380 g/mol. The molecular formula is C16H22ClF3N3O2+. The minimum Gasteiger partial charge on any atom is -0.444 e. The first-order valence-corrected chi connectivity index (χ1v) is 8.36. The number of nitrogens with zero attached hydrogens (tertiary/aromatic N) is 1. The summed E-state index contributed by atoms with van der Waals surface area (Å²) in [5.41, 5.74) is -1.38. The minimum absolute atomic E-state index is 0.0216. The largest absolute Gasteiger partial charge is 0.444 e. The topological polar surface area (TPSA) is 55.7 Å². The predicted octanol–water partition coefficient (Wildman–Crippen LogP) is 3.67. The van der Waals surface area contributed by atoms with E-state index in [0.29, 0.717) is 31.7 Å². The van der Waals surface area contributed by atoms with Gasteiger partial charge in [-0.05, 0) is 26.8 Å². The lowest BCUT2D eigenvalue weighted by Gasteiger charge is -2.29. The number of aromatic amines is 1. The van der Waals surface area contributed by atoms with E-state index < -0.39 is 23.4 Å². The van der Waals surface area contributed by atoms with Crippen molar-refractivity contribution in [3.05, 3.63) is 22.8 Å². The molecule has 9 heteroatoms. The van der Waals surface area contributed by atoms with Crippen molar-refractivity contribution >= 4 is 23.5 Å². The van der Waals surface area contributed by atoms with Crippen LogP contribution in [-0.2, 0) is 10.9 Å². The van der Waals surface area contributed by atoms with Gasteiger partial charge in [-0.15, -0.1) is 0 Å². The molecule has 25 heavy (non-hydrogen) atoms. The summed E-state index contributed by atoms with van der Waals surface area (Å²) in [6, 6.07) is 0.873. The Labute approximate surface area is 149 Å². The maximum Gasteiger partial charge on any atom is 0.419 e. The molecule has 0 aliphatic carbocycles. The fourth-order valence-corrected chi connectivity index (χ4v) is 2.88. The van der Waals surface area contributed by atoms with Gasteiger partial charge in [0.1, 0.15) is 16.8 Å². The number of H-pyrrole nitrogens is 1. The first-order chi connectivity index (χ1) is 11.5. The highest BCUT2D eigenvalue weighted by Gasteiger charge is 2.35. The molecule has 0 atom stereocenters. The lowest BCUT2D eigenvalue weighted by atomic mass is 10.1. The Morgan fingerprint density at radius 2 is 1.92 bits per heavy atom. The van der Waals surface area contributed by atoms with E-state index in [9.17, 15) is 18.0 Å². The van der Waals surface area contributed by atoms with Gasteiger partial charge in [0, 0.05) is 18.9 Å². The van der Waals surface area contributed by atoms with Crippen molar-refractivity contribution in [1.29, 1.82) is 0 Å². The average molecular weight is 381 g/mol. The molecule has 1 fully saturated rings. The maximum atomic E-state index is 12.7. The number of alkyl carbamates (subject to hydrolysis) is 1. The summed E-state index contributed by atoms with van der Waals surface area (Å²) in [5, 5.41) is 2.83. The smallest absolute Gasteiger partial charge is 0.419 e. The van der Waals surface area contributed by atoms with Crippen LogP contribution in [0.3, 0.4) is 0 Å². The second kappa shape index (κ2) is 7.27. The number of hydrogen-bond donors (Lipinski definition) is 1. The molecule has 1 aliphatic heterocycles. The molecule has 0 radical (unpaired) electrons. The fourth-order valence-electron chi connectivity index (χ4n) is 2.59. The molecule has 140 valence electrons. The summed E-state index contributed by atoms with van der Waals surface area (Å²) >= 11 is 6.00. The van der Waals surface area contributed by atoms with Crippen LogP contribution in [0, 0.1) is 0 Å². The molecule has 5 nitrogen and oxygen atoms in total. The van der Waals surface area contributed by atoms with Gasteiger partial charge in [0.25, 0.3) is 5.82 Å². The van der Waals surface area contributed by atoms with E-state index in [1.807, 2.05) is 4.90 Å². The molecule has 1 aliphatic rings. The summed E-state index contributed by atoms with van der Waals surface area (Å²) in [5.74, 6) is 0.449. The molecule has 0 spiro atoms. The van der Waals surface area contributed by atoms with E-state index in [2.05, 4.69) is 10.3 Å². The van der Waals surface area contributed by atoms with Gasteiger partial charge >= 0.3 is 12.3 Å². The lowest BCUT2D eigenvalue weighted by molar-refractivity contribution is -0.367. The van der Waals surface area contributed by atoms with Crippen LogP contribution in [0.4, 0.5) is 23.8 Å². The van der Waals surface area contributed by atoms with Crippen LogP contribution in [-0.4, -0.2) is 30.8 Å². The SMILES string of the molecule is CC(C)(C)OC(=O)NC1CCN(c2[nH+]cc(C(F)(F)F)cc2Cl)CC1.